The topological polar surface area (TPSA) is 41.9 Å². The van der Waals surface area contributed by atoms with Gasteiger partial charge in [-0.25, -0.2) is 9.38 Å². The van der Waals surface area contributed by atoms with Crippen LogP contribution in [0.5, 0.6) is 5.75 Å². The largest absolute Gasteiger partial charge is 0.493 e. The van der Waals surface area contributed by atoms with Crippen molar-refractivity contribution in [1.29, 1.82) is 0 Å². The number of aliphatic imine (C=N–C) groups is 1. The van der Waals surface area contributed by atoms with E-state index in [4.69, 9.17) is 4.74 Å². The maximum Gasteiger partial charge on any atom is 0.266 e. The van der Waals surface area contributed by atoms with Gasteiger partial charge in [0.1, 0.15) is 11.6 Å². The second kappa shape index (κ2) is 8.19. The average molecular weight is 370 g/mol. The van der Waals surface area contributed by atoms with E-state index in [1.807, 2.05) is 44.2 Å². The standard InChI is InChI=1S/C20H19FN2O2S/c1-3-23-19(24)18(13-14-7-5-6-8-17(14)25-4-2)26-20(23)22-16-11-9-15(21)10-12-16/h5-13H,3-4H2,1-2H3/b18-13+,22-20?. The summed E-state index contributed by atoms with van der Waals surface area (Å²) in [6.45, 7) is 4.89. The van der Waals surface area contributed by atoms with Crippen molar-refractivity contribution in [2.45, 2.75) is 13.8 Å². The molecule has 1 saturated heterocycles. The fourth-order valence-corrected chi connectivity index (χ4v) is 3.58. The molecule has 0 saturated carbocycles. The SMILES string of the molecule is CCOc1ccccc1/C=C1/SC(=Nc2ccc(F)cc2)N(CC)C1=O. The van der Waals surface area contributed by atoms with Crippen molar-refractivity contribution < 1.29 is 13.9 Å². The highest BCUT2D eigenvalue weighted by Gasteiger charge is 2.32. The van der Waals surface area contributed by atoms with Gasteiger partial charge in [0.2, 0.25) is 0 Å². The van der Waals surface area contributed by atoms with Gasteiger partial charge < -0.3 is 4.74 Å². The molecule has 0 aliphatic carbocycles. The number of likely N-dealkylation sites (N-methyl/N-ethyl adjacent to an activating group) is 1. The number of amides is 1. The summed E-state index contributed by atoms with van der Waals surface area (Å²) in [4.78, 5) is 19.4. The summed E-state index contributed by atoms with van der Waals surface area (Å²) in [5.41, 5.74) is 1.46. The second-order valence-corrected chi connectivity index (χ2v) is 6.51. The van der Waals surface area contributed by atoms with Crippen LogP contribution in [0.25, 0.3) is 6.08 Å². The molecular weight excluding hydrogens is 351 g/mol. The fraction of sp³-hybridized carbons (Fsp3) is 0.200. The van der Waals surface area contributed by atoms with Gasteiger partial charge in [-0.2, -0.15) is 0 Å². The van der Waals surface area contributed by atoms with Gasteiger partial charge in [-0.1, -0.05) is 18.2 Å². The number of rotatable bonds is 5. The van der Waals surface area contributed by atoms with E-state index in [-0.39, 0.29) is 11.7 Å². The number of nitrogens with zero attached hydrogens (tertiary/aromatic N) is 2. The van der Waals surface area contributed by atoms with E-state index in [0.29, 0.717) is 28.9 Å². The first-order chi connectivity index (χ1) is 12.6. The number of para-hydroxylation sites is 1. The molecular formula is C20H19FN2O2S. The summed E-state index contributed by atoms with van der Waals surface area (Å²) < 4.78 is 18.7. The minimum absolute atomic E-state index is 0.0929. The number of ether oxygens (including phenoxy) is 1. The van der Waals surface area contributed by atoms with E-state index in [2.05, 4.69) is 4.99 Å². The minimum Gasteiger partial charge on any atom is -0.493 e. The lowest BCUT2D eigenvalue weighted by atomic mass is 10.2. The first-order valence-electron chi connectivity index (χ1n) is 8.40. The third kappa shape index (κ3) is 3.96. The van der Waals surface area contributed by atoms with Gasteiger partial charge in [0, 0.05) is 12.1 Å². The molecule has 2 aromatic carbocycles. The summed E-state index contributed by atoms with van der Waals surface area (Å²) >= 11 is 1.31. The molecule has 2 aromatic rings. The van der Waals surface area contributed by atoms with Crippen LogP contribution in [0, 0.1) is 5.82 Å². The summed E-state index contributed by atoms with van der Waals surface area (Å²) in [6.07, 6.45) is 1.83. The van der Waals surface area contributed by atoms with Crippen LogP contribution >= 0.6 is 11.8 Å². The highest BCUT2D eigenvalue weighted by molar-refractivity contribution is 8.18. The lowest BCUT2D eigenvalue weighted by Gasteiger charge is -2.12. The normalized spacial score (nSPS) is 17.3. The van der Waals surface area contributed by atoms with Crippen molar-refractivity contribution in [2.24, 2.45) is 4.99 Å². The van der Waals surface area contributed by atoms with E-state index in [9.17, 15) is 9.18 Å². The predicted molar refractivity (Wildman–Crippen MR) is 104 cm³/mol. The number of halogens is 1. The lowest BCUT2D eigenvalue weighted by Crippen LogP contribution is -2.28. The van der Waals surface area contributed by atoms with Crippen LogP contribution in [0.2, 0.25) is 0 Å². The molecule has 26 heavy (non-hydrogen) atoms. The van der Waals surface area contributed by atoms with Gasteiger partial charge in [0.25, 0.3) is 5.91 Å². The molecule has 4 nitrogen and oxygen atoms in total. The van der Waals surface area contributed by atoms with Crippen LogP contribution in [0.3, 0.4) is 0 Å². The predicted octanol–water partition coefficient (Wildman–Crippen LogP) is 4.85. The van der Waals surface area contributed by atoms with Crippen LogP contribution in [-0.2, 0) is 4.79 Å². The molecule has 134 valence electrons. The van der Waals surface area contributed by atoms with Gasteiger partial charge in [0.05, 0.1) is 17.2 Å². The second-order valence-electron chi connectivity index (χ2n) is 5.50. The summed E-state index contributed by atoms with van der Waals surface area (Å²) in [6, 6.07) is 13.5. The van der Waals surface area contributed by atoms with Crippen LogP contribution in [0.4, 0.5) is 10.1 Å². The number of amidine groups is 1. The van der Waals surface area contributed by atoms with Crippen molar-refractivity contribution in [3.05, 3.63) is 64.8 Å². The maximum atomic E-state index is 13.1. The number of hydrogen-bond acceptors (Lipinski definition) is 4. The van der Waals surface area contributed by atoms with Gasteiger partial charge >= 0.3 is 0 Å². The van der Waals surface area contributed by atoms with Crippen molar-refractivity contribution >= 4 is 34.6 Å². The molecule has 1 amide bonds. The minimum atomic E-state index is -0.315. The third-order valence-corrected chi connectivity index (χ3v) is 4.77. The Morgan fingerprint density at radius 2 is 1.88 bits per heavy atom. The molecule has 1 heterocycles. The highest BCUT2D eigenvalue weighted by Crippen LogP contribution is 2.35. The number of carbonyl (C=O) groups excluding carboxylic acids is 1. The van der Waals surface area contributed by atoms with E-state index in [0.717, 1.165) is 11.3 Å². The molecule has 1 aliphatic heterocycles. The first-order valence-corrected chi connectivity index (χ1v) is 9.21. The smallest absolute Gasteiger partial charge is 0.266 e. The third-order valence-electron chi connectivity index (χ3n) is 3.76. The molecule has 0 N–H and O–H groups in total. The number of thioether (sulfide) groups is 1. The van der Waals surface area contributed by atoms with Gasteiger partial charge in [0.15, 0.2) is 5.17 Å². The first kappa shape index (κ1) is 18.2. The Bertz CT molecular complexity index is 862. The van der Waals surface area contributed by atoms with Crippen LogP contribution in [0.15, 0.2) is 58.4 Å². The Kier molecular flexibility index (Phi) is 5.73. The monoisotopic (exact) mass is 370 g/mol. The summed E-state index contributed by atoms with van der Waals surface area (Å²) in [7, 11) is 0. The van der Waals surface area contributed by atoms with Gasteiger partial charge in [-0.15, -0.1) is 0 Å². The number of hydrogen-bond donors (Lipinski definition) is 0. The fourth-order valence-electron chi connectivity index (χ4n) is 2.52. The van der Waals surface area contributed by atoms with Crippen LogP contribution in [0.1, 0.15) is 19.4 Å². The molecule has 6 heteroatoms. The van der Waals surface area contributed by atoms with Gasteiger partial charge in [-0.3, -0.25) is 9.69 Å². The van der Waals surface area contributed by atoms with E-state index < -0.39 is 0 Å². The van der Waals surface area contributed by atoms with Crippen LogP contribution in [-0.4, -0.2) is 29.1 Å². The molecule has 1 aliphatic rings. The number of carbonyl (C=O) groups is 1. The molecule has 0 radical (unpaired) electrons. The number of benzene rings is 2. The summed E-state index contributed by atoms with van der Waals surface area (Å²) in [5, 5.41) is 0.587. The average Bonchev–Trinajstić information content (AvgIpc) is 2.93. The molecule has 0 unspecified atom stereocenters. The van der Waals surface area contributed by atoms with Crippen molar-refractivity contribution in [1.82, 2.24) is 4.90 Å². The molecule has 0 atom stereocenters. The van der Waals surface area contributed by atoms with Gasteiger partial charge in [-0.05, 0) is 62.0 Å². The molecule has 0 bridgehead atoms. The Morgan fingerprint density at radius 3 is 2.58 bits per heavy atom. The Labute approximate surface area is 156 Å². The molecule has 0 aromatic heterocycles. The molecule has 0 spiro atoms. The quantitative estimate of drug-likeness (QED) is 0.707. The highest BCUT2D eigenvalue weighted by atomic mass is 32.2. The van der Waals surface area contributed by atoms with E-state index in [1.165, 1.54) is 23.9 Å². The molecule has 1 fully saturated rings. The zero-order valence-electron chi connectivity index (χ0n) is 14.6. The van der Waals surface area contributed by atoms with Crippen molar-refractivity contribution in [2.75, 3.05) is 13.2 Å². The van der Waals surface area contributed by atoms with Crippen LogP contribution < -0.4 is 4.74 Å². The Balaban J connectivity index is 1.93. The molecule has 3 rings (SSSR count). The zero-order chi connectivity index (χ0) is 18.5. The Hall–Kier alpha value is -2.60. The maximum absolute atomic E-state index is 13.1. The van der Waals surface area contributed by atoms with E-state index in [1.54, 1.807) is 17.0 Å². The lowest BCUT2D eigenvalue weighted by molar-refractivity contribution is -0.122. The van der Waals surface area contributed by atoms with Crippen molar-refractivity contribution in [3.63, 3.8) is 0 Å². The van der Waals surface area contributed by atoms with E-state index >= 15 is 0 Å². The Morgan fingerprint density at radius 1 is 1.15 bits per heavy atom. The van der Waals surface area contributed by atoms with Crippen molar-refractivity contribution in [3.8, 4) is 5.75 Å². The zero-order valence-corrected chi connectivity index (χ0v) is 15.4. The summed E-state index contributed by atoms with van der Waals surface area (Å²) in [5.74, 6) is 0.331.